The van der Waals surface area contributed by atoms with E-state index < -0.39 is 0 Å². The molecule has 1 unspecified atom stereocenters. The van der Waals surface area contributed by atoms with Crippen molar-refractivity contribution in [3.8, 4) is 0 Å². The Morgan fingerprint density at radius 3 is 2.38 bits per heavy atom. The van der Waals surface area contributed by atoms with Crippen LogP contribution in [0.25, 0.3) is 0 Å². The fraction of sp³-hybridized carbons (Fsp3) is 0.571. The second-order valence-electron chi connectivity index (χ2n) is 5.55. The summed E-state index contributed by atoms with van der Waals surface area (Å²) in [6.07, 6.45) is 1.79. The monoisotopic (exact) mass is 223 g/mol. The maximum absolute atomic E-state index is 13.5. The summed E-state index contributed by atoms with van der Waals surface area (Å²) in [6.45, 7) is 6.62. The topological polar surface area (TPSA) is 12.0 Å². The second-order valence-corrected chi connectivity index (χ2v) is 5.55. The van der Waals surface area contributed by atoms with E-state index in [1.54, 1.807) is 6.07 Å². The molecular weight excluding hydrogens is 201 g/mol. The summed E-state index contributed by atoms with van der Waals surface area (Å²) < 4.78 is 13.5. The van der Waals surface area contributed by atoms with Crippen LogP contribution in [0.2, 0.25) is 0 Å². The van der Waals surface area contributed by atoms with Crippen molar-refractivity contribution < 1.29 is 4.39 Å². The summed E-state index contributed by atoms with van der Waals surface area (Å²) in [4.78, 5) is 0. The molecule has 1 rings (SSSR count). The quantitative estimate of drug-likeness (QED) is 0.825. The summed E-state index contributed by atoms with van der Waals surface area (Å²) in [5.74, 6) is -0.100. The predicted molar refractivity (Wildman–Crippen MR) is 67.0 cm³/mol. The van der Waals surface area contributed by atoms with Crippen molar-refractivity contribution >= 4 is 0 Å². The average Bonchev–Trinajstić information content (AvgIpc) is 2.18. The van der Waals surface area contributed by atoms with E-state index in [1.807, 2.05) is 19.2 Å². The first-order valence-electron chi connectivity index (χ1n) is 5.83. The molecule has 90 valence electrons. The molecule has 0 fully saturated rings. The molecule has 1 N–H and O–H groups in total. The fourth-order valence-electron chi connectivity index (χ4n) is 1.94. The van der Waals surface area contributed by atoms with Gasteiger partial charge in [0.15, 0.2) is 0 Å². The van der Waals surface area contributed by atoms with Gasteiger partial charge < -0.3 is 5.32 Å². The Morgan fingerprint density at radius 2 is 1.88 bits per heavy atom. The van der Waals surface area contributed by atoms with E-state index >= 15 is 0 Å². The van der Waals surface area contributed by atoms with Crippen LogP contribution >= 0.6 is 0 Å². The number of hydrogen-bond acceptors (Lipinski definition) is 1. The van der Waals surface area contributed by atoms with E-state index in [0.717, 1.165) is 18.4 Å². The van der Waals surface area contributed by atoms with Crippen molar-refractivity contribution in [2.75, 3.05) is 7.05 Å². The minimum Gasteiger partial charge on any atom is -0.317 e. The Hall–Kier alpha value is -0.890. The molecular formula is C14H22FN. The van der Waals surface area contributed by atoms with Gasteiger partial charge in [-0.2, -0.15) is 0 Å². The standard InChI is InChI=1S/C14H22FN/c1-14(2,3)10-12(16-4)9-11-7-5-6-8-13(11)15/h5-8,12,16H,9-10H2,1-4H3. The molecule has 0 aliphatic heterocycles. The van der Waals surface area contributed by atoms with Gasteiger partial charge in [0.2, 0.25) is 0 Å². The summed E-state index contributed by atoms with van der Waals surface area (Å²) >= 11 is 0. The van der Waals surface area contributed by atoms with Crippen LogP contribution in [0.5, 0.6) is 0 Å². The molecule has 1 aromatic carbocycles. The lowest BCUT2D eigenvalue weighted by atomic mass is 9.86. The molecule has 0 saturated carbocycles. The van der Waals surface area contributed by atoms with Gasteiger partial charge in [0.25, 0.3) is 0 Å². The van der Waals surface area contributed by atoms with Crippen LogP contribution in [0.4, 0.5) is 4.39 Å². The van der Waals surface area contributed by atoms with Crippen molar-refractivity contribution in [2.24, 2.45) is 5.41 Å². The molecule has 1 aromatic rings. The molecule has 0 aliphatic carbocycles. The zero-order valence-electron chi connectivity index (χ0n) is 10.7. The molecule has 0 aromatic heterocycles. The Labute approximate surface area is 98.1 Å². The minimum absolute atomic E-state index is 0.100. The number of rotatable bonds is 4. The molecule has 2 heteroatoms. The largest absolute Gasteiger partial charge is 0.317 e. The van der Waals surface area contributed by atoms with Crippen LogP contribution in [0.15, 0.2) is 24.3 Å². The van der Waals surface area contributed by atoms with Gasteiger partial charge in [-0.1, -0.05) is 39.0 Å². The average molecular weight is 223 g/mol. The number of halogens is 1. The molecule has 1 nitrogen and oxygen atoms in total. The van der Waals surface area contributed by atoms with Crippen LogP contribution < -0.4 is 5.32 Å². The third kappa shape index (κ3) is 4.31. The fourth-order valence-corrected chi connectivity index (χ4v) is 1.94. The molecule has 1 atom stereocenters. The molecule has 16 heavy (non-hydrogen) atoms. The van der Waals surface area contributed by atoms with Gasteiger partial charge in [-0.15, -0.1) is 0 Å². The van der Waals surface area contributed by atoms with Gasteiger partial charge in [-0.25, -0.2) is 4.39 Å². The Kier molecular flexibility index (Phi) is 4.48. The Balaban J connectivity index is 2.67. The summed E-state index contributed by atoms with van der Waals surface area (Å²) in [7, 11) is 1.94. The molecule has 0 saturated heterocycles. The van der Waals surface area contributed by atoms with Crippen LogP contribution in [-0.2, 0) is 6.42 Å². The van der Waals surface area contributed by atoms with Crippen LogP contribution in [0.3, 0.4) is 0 Å². The lowest BCUT2D eigenvalue weighted by molar-refractivity contribution is 0.314. The summed E-state index contributed by atoms with van der Waals surface area (Å²) in [6, 6.07) is 7.35. The molecule has 0 spiro atoms. The smallest absolute Gasteiger partial charge is 0.126 e. The van der Waals surface area contributed by atoms with Gasteiger partial charge in [-0.3, -0.25) is 0 Å². The van der Waals surface area contributed by atoms with Crippen molar-refractivity contribution in [3.05, 3.63) is 35.6 Å². The SMILES string of the molecule is CNC(Cc1ccccc1F)CC(C)(C)C. The van der Waals surface area contributed by atoms with E-state index in [0.29, 0.717) is 6.04 Å². The highest BCUT2D eigenvalue weighted by Crippen LogP contribution is 2.23. The predicted octanol–water partition coefficient (Wildman–Crippen LogP) is 3.39. The second kappa shape index (κ2) is 5.44. The van der Waals surface area contributed by atoms with Crippen molar-refractivity contribution in [1.82, 2.24) is 5.32 Å². The normalized spacial score (nSPS) is 13.8. The minimum atomic E-state index is -0.100. The molecule has 0 radical (unpaired) electrons. The molecule has 0 amide bonds. The number of likely N-dealkylation sites (N-methyl/N-ethyl adjacent to an activating group) is 1. The maximum Gasteiger partial charge on any atom is 0.126 e. The van der Waals surface area contributed by atoms with E-state index in [1.165, 1.54) is 6.07 Å². The van der Waals surface area contributed by atoms with Gasteiger partial charge in [0.1, 0.15) is 5.82 Å². The first-order valence-corrected chi connectivity index (χ1v) is 5.83. The highest BCUT2D eigenvalue weighted by Gasteiger charge is 2.18. The lowest BCUT2D eigenvalue weighted by Crippen LogP contribution is -2.32. The highest BCUT2D eigenvalue weighted by atomic mass is 19.1. The number of benzene rings is 1. The summed E-state index contributed by atoms with van der Waals surface area (Å²) in [5.41, 5.74) is 1.06. The highest BCUT2D eigenvalue weighted by molar-refractivity contribution is 5.18. The third-order valence-electron chi connectivity index (χ3n) is 2.69. The van der Waals surface area contributed by atoms with Gasteiger partial charge in [0.05, 0.1) is 0 Å². The number of hydrogen-bond donors (Lipinski definition) is 1. The Bertz CT molecular complexity index is 328. The van der Waals surface area contributed by atoms with Gasteiger partial charge in [-0.05, 0) is 36.9 Å². The van der Waals surface area contributed by atoms with Crippen molar-refractivity contribution in [2.45, 2.75) is 39.7 Å². The zero-order chi connectivity index (χ0) is 12.2. The van der Waals surface area contributed by atoms with E-state index in [2.05, 4.69) is 26.1 Å². The van der Waals surface area contributed by atoms with E-state index in [-0.39, 0.29) is 11.2 Å². The zero-order valence-corrected chi connectivity index (χ0v) is 10.7. The van der Waals surface area contributed by atoms with E-state index in [4.69, 9.17) is 0 Å². The number of nitrogens with one attached hydrogen (secondary N) is 1. The lowest BCUT2D eigenvalue weighted by Gasteiger charge is -2.25. The van der Waals surface area contributed by atoms with Crippen LogP contribution in [0, 0.1) is 11.2 Å². The van der Waals surface area contributed by atoms with Crippen LogP contribution in [-0.4, -0.2) is 13.1 Å². The van der Waals surface area contributed by atoms with Crippen molar-refractivity contribution in [3.63, 3.8) is 0 Å². The third-order valence-corrected chi connectivity index (χ3v) is 2.69. The molecule has 0 heterocycles. The first kappa shape index (κ1) is 13.2. The molecule has 0 bridgehead atoms. The van der Waals surface area contributed by atoms with E-state index in [9.17, 15) is 4.39 Å². The van der Waals surface area contributed by atoms with Crippen LogP contribution in [0.1, 0.15) is 32.8 Å². The van der Waals surface area contributed by atoms with Crippen molar-refractivity contribution in [1.29, 1.82) is 0 Å². The molecule has 0 aliphatic rings. The summed E-state index contributed by atoms with van der Waals surface area (Å²) in [5, 5.41) is 3.27. The van der Waals surface area contributed by atoms with Gasteiger partial charge in [0, 0.05) is 6.04 Å². The van der Waals surface area contributed by atoms with Gasteiger partial charge >= 0.3 is 0 Å². The first-order chi connectivity index (χ1) is 7.42. The maximum atomic E-state index is 13.5. The Morgan fingerprint density at radius 1 is 1.25 bits per heavy atom.